The maximum Gasteiger partial charge on any atom is 0.253 e. The van der Waals surface area contributed by atoms with E-state index in [1.54, 1.807) is 0 Å². The fourth-order valence-electron chi connectivity index (χ4n) is 2.58. The van der Waals surface area contributed by atoms with E-state index in [9.17, 15) is 9.90 Å². The first-order valence-electron chi connectivity index (χ1n) is 6.42. The summed E-state index contributed by atoms with van der Waals surface area (Å²) in [5, 5.41) is 12.3. The zero-order chi connectivity index (χ0) is 13.8. The first kappa shape index (κ1) is 14.1. The summed E-state index contributed by atoms with van der Waals surface area (Å²) < 4.78 is 0. The number of rotatable bonds is 4. The molecule has 2 unspecified atom stereocenters. The maximum absolute atomic E-state index is 12.0. The number of hydrogen-bond acceptors (Lipinski definition) is 4. The van der Waals surface area contributed by atoms with Crippen LogP contribution in [-0.2, 0) is 0 Å². The molecule has 1 aromatic heterocycles. The van der Waals surface area contributed by atoms with Gasteiger partial charge in [-0.2, -0.15) is 0 Å². The van der Waals surface area contributed by atoms with Crippen LogP contribution in [0, 0.1) is 11.8 Å². The largest absolute Gasteiger partial charge is 0.397 e. The van der Waals surface area contributed by atoms with Gasteiger partial charge in [-0.25, -0.2) is 4.98 Å². The van der Waals surface area contributed by atoms with Crippen LogP contribution in [0.25, 0.3) is 0 Å². The van der Waals surface area contributed by atoms with Gasteiger partial charge in [0.05, 0.1) is 17.4 Å². The molecule has 1 fully saturated rings. The first-order chi connectivity index (χ1) is 9.11. The Hall–Kier alpha value is -1.33. The number of halogens is 1. The minimum atomic E-state index is -0.245. The van der Waals surface area contributed by atoms with E-state index in [1.807, 2.05) is 0 Å². The molecule has 2 rings (SSSR count). The Bertz CT molecular complexity index is 467. The van der Waals surface area contributed by atoms with Gasteiger partial charge in [-0.1, -0.05) is 18.0 Å². The van der Waals surface area contributed by atoms with E-state index < -0.39 is 0 Å². The third kappa shape index (κ3) is 3.36. The van der Waals surface area contributed by atoms with Gasteiger partial charge in [0.2, 0.25) is 0 Å². The molecule has 0 saturated heterocycles. The van der Waals surface area contributed by atoms with Gasteiger partial charge in [-0.3, -0.25) is 4.79 Å². The third-order valence-corrected chi connectivity index (χ3v) is 3.93. The number of aliphatic hydroxyl groups excluding tert-OH is 1. The Labute approximate surface area is 117 Å². The minimum absolute atomic E-state index is 0.184. The fourth-order valence-corrected chi connectivity index (χ4v) is 2.74. The van der Waals surface area contributed by atoms with Gasteiger partial charge in [-0.05, 0) is 30.7 Å². The first-order valence-corrected chi connectivity index (χ1v) is 6.79. The summed E-state index contributed by atoms with van der Waals surface area (Å²) in [5.74, 6) is 0.386. The molecule has 1 heterocycles. The normalized spacial score (nSPS) is 22.4. The van der Waals surface area contributed by atoms with Crippen LogP contribution in [0.5, 0.6) is 0 Å². The van der Waals surface area contributed by atoms with Crippen LogP contribution in [0.1, 0.15) is 29.6 Å². The van der Waals surface area contributed by atoms with Crippen molar-refractivity contribution in [3.8, 4) is 0 Å². The summed E-state index contributed by atoms with van der Waals surface area (Å²) in [4.78, 5) is 15.8. The lowest BCUT2D eigenvalue weighted by atomic mass is 9.97. The molecular weight excluding hydrogens is 266 g/mol. The van der Waals surface area contributed by atoms with Crippen molar-refractivity contribution in [2.75, 3.05) is 18.9 Å². The van der Waals surface area contributed by atoms with E-state index in [4.69, 9.17) is 17.3 Å². The molecule has 19 heavy (non-hydrogen) atoms. The number of pyridine rings is 1. The molecule has 0 bridgehead atoms. The molecule has 1 aliphatic carbocycles. The van der Waals surface area contributed by atoms with Crippen LogP contribution in [0.3, 0.4) is 0 Å². The quantitative estimate of drug-likeness (QED) is 0.730. The summed E-state index contributed by atoms with van der Waals surface area (Å²) in [6.45, 7) is 0.743. The minimum Gasteiger partial charge on any atom is -0.397 e. The lowest BCUT2D eigenvalue weighted by Gasteiger charge is -2.18. The second-order valence-electron chi connectivity index (χ2n) is 4.94. The molecule has 1 aliphatic rings. The van der Waals surface area contributed by atoms with Gasteiger partial charge in [-0.15, -0.1) is 0 Å². The maximum atomic E-state index is 12.0. The van der Waals surface area contributed by atoms with Gasteiger partial charge < -0.3 is 16.2 Å². The highest BCUT2D eigenvalue weighted by Gasteiger charge is 2.27. The highest BCUT2D eigenvalue weighted by atomic mass is 35.5. The van der Waals surface area contributed by atoms with Crippen molar-refractivity contribution in [3.63, 3.8) is 0 Å². The molecule has 0 radical (unpaired) electrons. The number of aromatic nitrogens is 1. The Morgan fingerprint density at radius 2 is 2.26 bits per heavy atom. The van der Waals surface area contributed by atoms with Crippen LogP contribution in [0.15, 0.2) is 12.3 Å². The number of aliphatic hydroxyl groups is 1. The average Bonchev–Trinajstić information content (AvgIpc) is 2.86. The van der Waals surface area contributed by atoms with Crippen molar-refractivity contribution in [2.45, 2.75) is 19.3 Å². The summed E-state index contributed by atoms with van der Waals surface area (Å²) in [5.41, 5.74) is 6.36. The van der Waals surface area contributed by atoms with Crippen molar-refractivity contribution >= 4 is 23.2 Å². The van der Waals surface area contributed by atoms with Crippen LogP contribution in [0.4, 0.5) is 5.69 Å². The predicted molar refractivity (Wildman–Crippen MR) is 73.9 cm³/mol. The Kier molecular flexibility index (Phi) is 4.61. The number of amides is 1. The highest BCUT2D eigenvalue weighted by molar-refractivity contribution is 6.29. The Morgan fingerprint density at radius 3 is 3.00 bits per heavy atom. The van der Waals surface area contributed by atoms with Crippen molar-refractivity contribution in [1.29, 1.82) is 0 Å². The molecular formula is C13H18ClN3O2. The zero-order valence-electron chi connectivity index (χ0n) is 10.6. The third-order valence-electron chi connectivity index (χ3n) is 3.72. The van der Waals surface area contributed by atoms with Crippen LogP contribution >= 0.6 is 11.6 Å². The van der Waals surface area contributed by atoms with E-state index in [-0.39, 0.29) is 17.7 Å². The number of hydrogen-bond donors (Lipinski definition) is 3. The van der Waals surface area contributed by atoms with E-state index in [2.05, 4.69) is 10.3 Å². The monoisotopic (exact) mass is 283 g/mol. The molecule has 5 nitrogen and oxygen atoms in total. The van der Waals surface area contributed by atoms with Crippen molar-refractivity contribution in [3.05, 3.63) is 23.0 Å². The van der Waals surface area contributed by atoms with E-state index >= 15 is 0 Å². The summed E-state index contributed by atoms with van der Waals surface area (Å²) >= 11 is 5.75. The molecule has 104 valence electrons. The number of nitrogen functional groups attached to an aromatic ring is 1. The molecule has 4 N–H and O–H groups in total. The van der Waals surface area contributed by atoms with Crippen LogP contribution in [0.2, 0.25) is 5.15 Å². The van der Waals surface area contributed by atoms with Gasteiger partial charge in [0.25, 0.3) is 5.91 Å². The SMILES string of the molecule is Nc1cnc(Cl)cc1C(=O)NCC1CCCC1CO. The number of carbonyl (C=O) groups excluding carboxylic acids is 1. The molecule has 1 aromatic rings. The van der Waals surface area contributed by atoms with Crippen molar-refractivity contribution in [1.82, 2.24) is 10.3 Å². The standard InChI is InChI=1S/C13H18ClN3O2/c14-12-4-10(11(15)6-16-12)13(19)17-5-8-2-1-3-9(8)7-18/h4,6,8-9,18H,1-3,5,7,15H2,(H,17,19). The number of anilines is 1. The van der Waals surface area contributed by atoms with E-state index in [0.29, 0.717) is 29.6 Å². The Morgan fingerprint density at radius 1 is 1.53 bits per heavy atom. The zero-order valence-corrected chi connectivity index (χ0v) is 11.4. The smallest absolute Gasteiger partial charge is 0.253 e. The molecule has 6 heteroatoms. The summed E-state index contributed by atoms with van der Waals surface area (Å²) in [7, 11) is 0. The molecule has 1 saturated carbocycles. The molecule has 0 aromatic carbocycles. The van der Waals surface area contributed by atoms with Gasteiger partial charge in [0.1, 0.15) is 5.15 Å². The summed E-state index contributed by atoms with van der Waals surface area (Å²) in [6.07, 6.45) is 4.55. The second kappa shape index (κ2) is 6.21. The van der Waals surface area contributed by atoms with E-state index in [1.165, 1.54) is 12.3 Å². The van der Waals surface area contributed by atoms with E-state index in [0.717, 1.165) is 19.3 Å². The lowest BCUT2D eigenvalue weighted by Crippen LogP contribution is -2.32. The van der Waals surface area contributed by atoms with Gasteiger partial charge in [0.15, 0.2) is 0 Å². The fraction of sp³-hybridized carbons (Fsp3) is 0.538. The molecule has 0 aliphatic heterocycles. The van der Waals surface area contributed by atoms with Crippen molar-refractivity contribution < 1.29 is 9.90 Å². The number of nitrogens with one attached hydrogen (secondary N) is 1. The predicted octanol–water partition coefficient (Wildman–Crippen LogP) is 1.46. The lowest BCUT2D eigenvalue weighted by molar-refractivity contribution is 0.0938. The van der Waals surface area contributed by atoms with Gasteiger partial charge in [0, 0.05) is 13.2 Å². The second-order valence-corrected chi connectivity index (χ2v) is 5.33. The highest BCUT2D eigenvalue weighted by Crippen LogP contribution is 2.30. The molecule has 1 amide bonds. The van der Waals surface area contributed by atoms with Crippen LogP contribution < -0.4 is 11.1 Å². The summed E-state index contributed by atoms with van der Waals surface area (Å²) in [6, 6.07) is 1.46. The van der Waals surface area contributed by atoms with Gasteiger partial charge >= 0.3 is 0 Å². The van der Waals surface area contributed by atoms with Crippen LogP contribution in [-0.4, -0.2) is 29.1 Å². The number of carbonyl (C=O) groups is 1. The number of nitrogens with zero attached hydrogens (tertiary/aromatic N) is 1. The topological polar surface area (TPSA) is 88.2 Å². The average molecular weight is 284 g/mol. The molecule has 2 atom stereocenters. The number of nitrogens with two attached hydrogens (primary N) is 1. The van der Waals surface area contributed by atoms with Crippen molar-refractivity contribution in [2.24, 2.45) is 11.8 Å². The molecule has 0 spiro atoms. The Balaban J connectivity index is 1.96.